The minimum Gasteiger partial charge on any atom is -0.0880 e. The molecule has 70 valence electrons. The Labute approximate surface area is 92.4 Å². The van der Waals surface area contributed by atoms with Crippen LogP contribution in [0.1, 0.15) is 26.7 Å². The van der Waals surface area contributed by atoms with Crippen molar-refractivity contribution in [2.75, 3.05) is 10.7 Å². The van der Waals surface area contributed by atoms with Gasteiger partial charge in [0.25, 0.3) is 0 Å². The molecule has 0 aliphatic heterocycles. The highest BCUT2D eigenvalue weighted by molar-refractivity contribution is 9.09. The first-order chi connectivity index (χ1) is 5.70. The summed E-state index contributed by atoms with van der Waals surface area (Å²) in [6.07, 6.45) is 6.88. The number of hydrogen-bond acceptors (Lipinski definition) is 0. The summed E-state index contributed by atoms with van der Waals surface area (Å²) in [7, 11) is 0. The van der Waals surface area contributed by atoms with E-state index in [0.717, 1.165) is 23.5 Å². The predicted molar refractivity (Wildman–Crippen MR) is 64.3 cm³/mol. The van der Waals surface area contributed by atoms with E-state index >= 15 is 0 Å². The van der Waals surface area contributed by atoms with Crippen molar-refractivity contribution in [3.63, 3.8) is 0 Å². The van der Waals surface area contributed by atoms with Gasteiger partial charge in [0.2, 0.25) is 0 Å². The van der Waals surface area contributed by atoms with Gasteiger partial charge < -0.3 is 0 Å². The molecule has 0 aliphatic carbocycles. The maximum Gasteiger partial charge on any atom is 0.0239 e. The average molecular weight is 296 g/mol. The van der Waals surface area contributed by atoms with Crippen LogP contribution in [0.5, 0.6) is 0 Å². The fourth-order valence-electron chi connectivity index (χ4n) is 0.769. The van der Waals surface area contributed by atoms with Crippen LogP contribution in [0.4, 0.5) is 0 Å². The molecule has 0 unspecified atom stereocenters. The molecule has 0 amide bonds. The van der Waals surface area contributed by atoms with Crippen LogP contribution < -0.4 is 0 Å². The van der Waals surface area contributed by atoms with E-state index in [9.17, 15) is 0 Å². The van der Waals surface area contributed by atoms with Gasteiger partial charge in [-0.25, -0.2) is 0 Å². The molecule has 0 fully saturated rings. The molecule has 12 heavy (non-hydrogen) atoms. The van der Waals surface area contributed by atoms with E-state index in [1.54, 1.807) is 0 Å². The zero-order valence-electron chi connectivity index (χ0n) is 7.74. The number of rotatable bonds is 5. The summed E-state index contributed by atoms with van der Waals surface area (Å²) in [5.74, 6) is 0. The van der Waals surface area contributed by atoms with Gasteiger partial charge in [-0.15, -0.1) is 0 Å². The summed E-state index contributed by atoms with van der Waals surface area (Å²) in [6, 6.07) is 0. The highest BCUT2D eigenvalue weighted by Gasteiger charge is 1.86. The van der Waals surface area contributed by atoms with Crippen LogP contribution in [0.2, 0.25) is 0 Å². The van der Waals surface area contributed by atoms with Crippen molar-refractivity contribution in [3.8, 4) is 0 Å². The highest BCUT2D eigenvalue weighted by atomic mass is 79.9. The van der Waals surface area contributed by atoms with E-state index in [1.807, 2.05) is 0 Å². The first kappa shape index (κ1) is 12.4. The van der Waals surface area contributed by atoms with Crippen molar-refractivity contribution in [2.24, 2.45) is 0 Å². The van der Waals surface area contributed by atoms with Gasteiger partial charge in [-0.3, -0.25) is 0 Å². The van der Waals surface area contributed by atoms with Gasteiger partial charge in [-0.1, -0.05) is 55.2 Å². The third-order valence-corrected chi connectivity index (χ3v) is 3.34. The maximum absolute atomic E-state index is 3.42. The van der Waals surface area contributed by atoms with Crippen LogP contribution in [-0.2, 0) is 0 Å². The van der Waals surface area contributed by atoms with Crippen LogP contribution in [0.25, 0.3) is 0 Å². The summed E-state index contributed by atoms with van der Waals surface area (Å²) in [4.78, 5) is 0. The molecule has 0 N–H and O–H groups in total. The fraction of sp³-hybridized carbons (Fsp3) is 0.600. The molecule has 0 nitrogen and oxygen atoms in total. The molecule has 0 saturated carbocycles. The molecule has 0 atom stereocenters. The Balaban J connectivity index is 3.57. The summed E-state index contributed by atoms with van der Waals surface area (Å²) in [5.41, 5.74) is 2.83. The molecule has 2 heteroatoms. The molecule has 0 aromatic carbocycles. The second-order valence-electron chi connectivity index (χ2n) is 2.95. The molecule has 0 aromatic rings. The third-order valence-electron chi connectivity index (χ3n) is 1.57. The number of allylic oxidation sites excluding steroid dienone is 4. The number of unbranched alkanes of at least 4 members (excludes halogenated alkanes) is 1. The lowest BCUT2D eigenvalue weighted by Crippen LogP contribution is -1.78. The predicted octanol–water partition coefficient (Wildman–Crippen LogP) is 4.45. The van der Waals surface area contributed by atoms with Crippen molar-refractivity contribution in [3.05, 3.63) is 23.3 Å². The van der Waals surface area contributed by atoms with Crippen LogP contribution >= 0.6 is 31.9 Å². The minimum atomic E-state index is 0.994. The van der Waals surface area contributed by atoms with Crippen LogP contribution in [0.15, 0.2) is 23.3 Å². The van der Waals surface area contributed by atoms with Gasteiger partial charge in [0.05, 0.1) is 0 Å². The summed E-state index contributed by atoms with van der Waals surface area (Å²) >= 11 is 6.84. The fourth-order valence-corrected chi connectivity index (χ4v) is 1.23. The summed E-state index contributed by atoms with van der Waals surface area (Å²) in [6.45, 7) is 4.30. The van der Waals surface area contributed by atoms with Crippen molar-refractivity contribution < 1.29 is 0 Å². The van der Waals surface area contributed by atoms with Gasteiger partial charge in [-0.2, -0.15) is 0 Å². The molecule has 0 aromatic heterocycles. The Hall–Kier alpha value is 0.440. The normalized spacial score (nSPS) is 13.7. The standard InChI is InChI=1S/C10H16Br2/c1-9(7-11)5-3-4-6-10(2)8-12/h5-6H,3-4,7-8H2,1-2H3/b9-5+,10-6+. The van der Waals surface area contributed by atoms with Crippen LogP contribution in [0.3, 0.4) is 0 Å². The van der Waals surface area contributed by atoms with Crippen molar-refractivity contribution in [2.45, 2.75) is 26.7 Å². The first-order valence-electron chi connectivity index (χ1n) is 4.14. The monoisotopic (exact) mass is 294 g/mol. The van der Waals surface area contributed by atoms with Crippen molar-refractivity contribution in [1.29, 1.82) is 0 Å². The Morgan fingerprint density at radius 1 is 0.917 bits per heavy atom. The molecule has 0 saturated heterocycles. The number of hydrogen-bond donors (Lipinski definition) is 0. The van der Waals surface area contributed by atoms with Crippen LogP contribution in [-0.4, -0.2) is 10.7 Å². The van der Waals surface area contributed by atoms with Gasteiger partial charge in [-0.05, 0) is 26.7 Å². The lowest BCUT2D eigenvalue weighted by molar-refractivity contribution is 1.02. The Bertz CT molecular complexity index is 149. The summed E-state index contributed by atoms with van der Waals surface area (Å²) in [5, 5.41) is 1.99. The second kappa shape index (κ2) is 8.06. The topological polar surface area (TPSA) is 0 Å². The van der Waals surface area contributed by atoms with Crippen molar-refractivity contribution >= 4 is 31.9 Å². The molecule has 0 radical (unpaired) electrons. The van der Waals surface area contributed by atoms with Gasteiger partial charge in [0.1, 0.15) is 0 Å². The quantitative estimate of drug-likeness (QED) is 0.399. The Morgan fingerprint density at radius 3 is 1.50 bits per heavy atom. The molecule has 0 spiro atoms. The van der Waals surface area contributed by atoms with Crippen molar-refractivity contribution in [1.82, 2.24) is 0 Å². The molecular weight excluding hydrogens is 280 g/mol. The Morgan fingerprint density at radius 2 is 1.25 bits per heavy atom. The lowest BCUT2D eigenvalue weighted by Gasteiger charge is -1.94. The smallest absolute Gasteiger partial charge is 0.0239 e. The first-order valence-corrected chi connectivity index (χ1v) is 6.38. The molecular formula is C10H16Br2. The average Bonchev–Trinajstić information content (AvgIpc) is 2.11. The van der Waals surface area contributed by atoms with E-state index in [0.29, 0.717) is 0 Å². The second-order valence-corrected chi connectivity index (χ2v) is 4.07. The van der Waals surface area contributed by atoms with E-state index in [1.165, 1.54) is 11.1 Å². The molecule has 0 bridgehead atoms. The zero-order chi connectivity index (χ0) is 9.40. The van der Waals surface area contributed by atoms with E-state index in [4.69, 9.17) is 0 Å². The number of halogens is 2. The Kier molecular flexibility index (Phi) is 8.35. The molecule has 0 aliphatic rings. The maximum atomic E-state index is 3.42. The van der Waals surface area contributed by atoms with Gasteiger partial charge in [0, 0.05) is 10.7 Å². The SMILES string of the molecule is C/C(=C\CC/C=C(\C)CBr)CBr. The third kappa shape index (κ3) is 7.11. The van der Waals surface area contributed by atoms with E-state index in [2.05, 4.69) is 57.9 Å². The van der Waals surface area contributed by atoms with E-state index < -0.39 is 0 Å². The largest absolute Gasteiger partial charge is 0.0880 e. The van der Waals surface area contributed by atoms with Crippen LogP contribution in [0, 0.1) is 0 Å². The van der Waals surface area contributed by atoms with Gasteiger partial charge >= 0.3 is 0 Å². The highest BCUT2D eigenvalue weighted by Crippen LogP contribution is 2.05. The van der Waals surface area contributed by atoms with Gasteiger partial charge in [0.15, 0.2) is 0 Å². The number of alkyl halides is 2. The minimum absolute atomic E-state index is 0.994. The van der Waals surface area contributed by atoms with E-state index in [-0.39, 0.29) is 0 Å². The summed E-state index contributed by atoms with van der Waals surface area (Å²) < 4.78 is 0. The molecule has 0 heterocycles. The lowest BCUT2D eigenvalue weighted by atomic mass is 10.2. The zero-order valence-corrected chi connectivity index (χ0v) is 10.9. The molecule has 0 rings (SSSR count).